The molecule has 3 rings (SSSR count). The predicted octanol–water partition coefficient (Wildman–Crippen LogP) is 2.66. The Balaban J connectivity index is 1.59. The van der Waals surface area contributed by atoms with Crippen molar-refractivity contribution >= 4 is 10.9 Å². The summed E-state index contributed by atoms with van der Waals surface area (Å²) < 4.78 is 0. The van der Waals surface area contributed by atoms with Crippen LogP contribution in [0.15, 0.2) is 24.3 Å². The Morgan fingerprint density at radius 3 is 2.65 bits per heavy atom. The van der Waals surface area contributed by atoms with Crippen LogP contribution in [0, 0.1) is 6.92 Å². The molecule has 1 aliphatic heterocycles. The Hall–Kier alpha value is -1.32. The summed E-state index contributed by atoms with van der Waals surface area (Å²) in [7, 11) is 2.21. The zero-order valence-electron chi connectivity index (χ0n) is 12.7. The van der Waals surface area contributed by atoms with E-state index in [2.05, 4.69) is 53.0 Å². The second-order valence-electron chi connectivity index (χ2n) is 6.02. The van der Waals surface area contributed by atoms with Crippen LogP contribution in [0.3, 0.4) is 0 Å². The molecule has 0 atom stereocenters. The first kappa shape index (κ1) is 13.7. The van der Waals surface area contributed by atoms with Gasteiger partial charge in [-0.15, -0.1) is 0 Å². The summed E-state index contributed by atoms with van der Waals surface area (Å²) in [6.07, 6.45) is 2.44. The van der Waals surface area contributed by atoms with Crippen LogP contribution >= 0.6 is 0 Å². The van der Waals surface area contributed by atoms with Gasteiger partial charge in [0.1, 0.15) is 0 Å². The molecule has 1 N–H and O–H groups in total. The molecule has 0 radical (unpaired) electrons. The number of fused-ring (bicyclic) bond motifs is 1. The third-order valence-corrected chi connectivity index (χ3v) is 4.52. The van der Waals surface area contributed by atoms with Gasteiger partial charge in [0.05, 0.1) is 0 Å². The molecule has 1 aromatic heterocycles. The van der Waals surface area contributed by atoms with E-state index in [1.807, 2.05) is 0 Å². The highest BCUT2D eigenvalue weighted by molar-refractivity contribution is 5.84. The van der Waals surface area contributed by atoms with Crippen LogP contribution in [0.2, 0.25) is 0 Å². The Kier molecular flexibility index (Phi) is 4.08. The second-order valence-corrected chi connectivity index (χ2v) is 6.02. The molecule has 0 saturated carbocycles. The van der Waals surface area contributed by atoms with E-state index in [1.165, 1.54) is 67.7 Å². The lowest BCUT2D eigenvalue weighted by molar-refractivity contribution is 0.153. The van der Waals surface area contributed by atoms with E-state index >= 15 is 0 Å². The summed E-state index contributed by atoms with van der Waals surface area (Å²) in [6.45, 7) is 8.31. The van der Waals surface area contributed by atoms with Crippen LogP contribution < -0.4 is 0 Å². The van der Waals surface area contributed by atoms with Gasteiger partial charge in [0.2, 0.25) is 0 Å². The fraction of sp³-hybridized carbons (Fsp3) is 0.529. The SMILES string of the molecule is Cc1[nH]c2ccccc2c1CCCN1CCN(C)CC1. The summed E-state index contributed by atoms with van der Waals surface area (Å²) in [5.41, 5.74) is 4.12. The molecule has 0 bridgehead atoms. The molecule has 2 aromatic rings. The average Bonchev–Trinajstić information content (AvgIpc) is 2.77. The number of aryl methyl sites for hydroxylation is 2. The number of para-hydroxylation sites is 1. The van der Waals surface area contributed by atoms with Gasteiger partial charge >= 0.3 is 0 Å². The van der Waals surface area contributed by atoms with Gasteiger partial charge in [-0.1, -0.05) is 18.2 Å². The molecule has 0 unspecified atom stereocenters. The van der Waals surface area contributed by atoms with Gasteiger partial charge in [0.25, 0.3) is 0 Å². The molecular weight excluding hydrogens is 246 g/mol. The first-order chi connectivity index (χ1) is 9.74. The fourth-order valence-corrected chi connectivity index (χ4v) is 3.21. The number of hydrogen-bond donors (Lipinski definition) is 1. The van der Waals surface area contributed by atoms with Gasteiger partial charge in [-0.3, -0.25) is 0 Å². The molecule has 3 heteroatoms. The van der Waals surface area contributed by atoms with Crippen molar-refractivity contribution < 1.29 is 0 Å². The van der Waals surface area contributed by atoms with Crippen LogP contribution in [0.25, 0.3) is 10.9 Å². The van der Waals surface area contributed by atoms with Gasteiger partial charge in [0, 0.05) is 42.8 Å². The standard InChI is InChI=1S/C17H25N3/c1-14-15(16-6-3-4-8-17(16)18-14)7-5-9-20-12-10-19(2)11-13-20/h3-4,6,8,18H,5,7,9-13H2,1-2H3. The maximum atomic E-state index is 3.50. The lowest BCUT2D eigenvalue weighted by Gasteiger charge is -2.32. The second kappa shape index (κ2) is 5.98. The summed E-state index contributed by atoms with van der Waals surface area (Å²) in [4.78, 5) is 8.52. The number of nitrogens with zero attached hydrogens (tertiary/aromatic N) is 2. The fourth-order valence-electron chi connectivity index (χ4n) is 3.21. The molecule has 0 aliphatic carbocycles. The van der Waals surface area contributed by atoms with Crippen molar-refractivity contribution in [3.05, 3.63) is 35.5 Å². The van der Waals surface area contributed by atoms with E-state index in [0.29, 0.717) is 0 Å². The van der Waals surface area contributed by atoms with Crippen molar-refractivity contribution in [2.75, 3.05) is 39.8 Å². The third kappa shape index (κ3) is 2.89. The largest absolute Gasteiger partial charge is 0.358 e. The highest BCUT2D eigenvalue weighted by Crippen LogP contribution is 2.23. The van der Waals surface area contributed by atoms with Gasteiger partial charge in [-0.05, 0) is 45.0 Å². The first-order valence-corrected chi connectivity index (χ1v) is 7.71. The predicted molar refractivity (Wildman–Crippen MR) is 85.3 cm³/mol. The van der Waals surface area contributed by atoms with Crippen molar-refractivity contribution in [2.24, 2.45) is 0 Å². The lowest BCUT2D eigenvalue weighted by atomic mass is 10.1. The number of benzene rings is 1. The Bertz CT molecular complexity index is 565. The number of hydrogen-bond acceptors (Lipinski definition) is 2. The summed E-state index contributed by atoms with van der Waals surface area (Å²) in [5, 5.41) is 1.41. The smallest absolute Gasteiger partial charge is 0.0458 e. The van der Waals surface area contributed by atoms with Crippen molar-refractivity contribution in [2.45, 2.75) is 19.8 Å². The van der Waals surface area contributed by atoms with Crippen LogP contribution in [0.4, 0.5) is 0 Å². The normalized spacial score (nSPS) is 17.9. The van der Waals surface area contributed by atoms with Crippen LogP contribution in [-0.2, 0) is 6.42 Å². The molecule has 108 valence electrons. The molecule has 1 saturated heterocycles. The third-order valence-electron chi connectivity index (χ3n) is 4.52. The molecule has 0 spiro atoms. The number of piperazine rings is 1. The molecule has 1 aromatic carbocycles. The van der Waals surface area contributed by atoms with Gasteiger partial charge in [0.15, 0.2) is 0 Å². The van der Waals surface area contributed by atoms with Crippen molar-refractivity contribution in [3.8, 4) is 0 Å². The van der Waals surface area contributed by atoms with E-state index in [9.17, 15) is 0 Å². The summed E-state index contributed by atoms with van der Waals surface area (Å²) >= 11 is 0. The summed E-state index contributed by atoms with van der Waals surface area (Å²) in [5.74, 6) is 0. The summed E-state index contributed by atoms with van der Waals surface area (Å²) in [6, 6.07) is 8.65. The highest BCUT2D eigenvalue weighted by Gasteiger charge is 2.14. The molecule has 20 heavy (non-hydrogen) atoms. The Morgan fingerprint density at radius 2 is 1.85 bits per heavy atom. The zero-order chi connectivity index (χ0) is 13.9. The zero-order valence-corrected chi connectivity index (χ0v) is 12.7. The van der Waals surface area contributed by atoms with Crippen molar-refractivity contribution in [3.63, 3.8) is 0 Å². The maximum Gasteiger partial charge on any atom is 0.0458 e. The molecule has 1 fully saturated rings. The molecule has 2 heterocycles. The molecule has 3 nitrogen and oxygen atoms in total. The van der Waals surface area contributed by atoms with E-state index in [4.69, 9.17) is 0 Å². The minimum Gasteiger partial charge on any atom is -0.358 e. The van der Waals surface area contributed by atoms with Gasteiger partial charge < -0.3 is 14.8 Å². The number of aromatic amines is 1. The number of aromatic nitrogens is 1. The van der Waals surface area contributed by atoms with Gasteiger partial charge in [-0.2, -0.15) is 0 Å². The monoisotopic (exact) mass is 271 g/mol. The van der Waals surface area contributed by atoms with Crippen molar-refractivity contribution in [1.82, 2.24) is 14.8 Å². The topological polar surface area (TPSA) is 22.3 Å². The minimum absolute atomic E-state index is 1.18. The van der Waals surface area contributed by atoms with E-state index in [-0.39, 0.29) is 0 Å². The first-order valence-electron chi connectivity index (χ1n) is 7.71. The number of H-pyrrole nitrogens is 1. The van der Waals surface area contributed by atoms with E-state index in [1.54, 1.807) is 0 Å². The number of likely N-dealkylation sites (N-methyl/N-ethyl adjacent to an activating group) is 1. The molecular formula is C17H25N3. The minimum atomic E-state index is 1.18. The quantitative estimate of drug-likeness (QED) is 0.923. The van der Waals surface area contributed by atoms with E-state index < -0.39 is 0 Å². The Labute approximate surface area is 121 Å². The highest BCUT2D eigenvalue weighted by atomic mass is 15.2. The number of nitrogens with one attached hydrogen (secondary N) is 1. The van der Waals surface area contributed by atoms with Gasteiger partial charge in [-0.25, -0.2) is 0 Å². The van der Waals surface area contributed by atoms with Crippen molar-refractivity contribution in [1.29, 1.82) is 0 Å². The maximum absolute atomic E-state index is 3.50. The number of rotatable bonds is 4. The van der Waals surface area contributed by atoms with Crippen LogP contribution in [0.5, 0.6) is 0 Å². The Morgan fingerprint density at radius 1 is 1.10 bits per heavy atom. The molecule has 0 amide bonds. The van der Waals surface area contributed by atoms with Crippen LogP contribution in [-0.4, -0.2) is 54.6 Å². The van der Waals surface area contributed by atoms with Crippen LogP contribution in [0.1, 0.15) is 17.7 Å². The van der Waals surface area contributed by atoms with E-state index in [0.717, 1.165) is 0 Å². The lowest BCUT2D eigenvalue weighted by Crippen LogP contribution is -2.44. The average molecular weight is 271 g/mol. The molecule has 1 aliphatic rings.